The number of amides is 2. The van der Waals surface area contributed by atoms with Crippen LogP contribution in [0.5, 0.6) is 0 Å². The van der Waals surface area contributed by atoms with E-state index in [4.69, 9.17) is 0 Å². The summed E-state index contributed by atoms with van der Waals surface area (Å²) in [4.78, 5) is 35.0. The van der Waals surface area contributed by atoms with Crippen molar-refractivity contribution in [1.82, 2.24) is 25.0 Å². The first kappa shape index (κ1) is 18.4. The summed E-state index contributed by atoms with van der Waals surface area (Å²) in [6.07, 6.45) is 1.52. The van der Waals surface area contributed by atoms with Gasteiger partial charge in [-0.2, -0.15) is 0 Å². The molecule has 2 heterocycles. The van der Waals surface area contributed by atoms with Gasteiger partial charge in [0.1, 0.15) is 5.69 Å². The summed E-state index contributed by atoms with van der Waals surface area (Å²) in [5, 5.41) is 2.85. The first-order chi connectivity index (χ1) is 11.5. The van der Waals surface area contributed by atoms with Crippen molar-refractivity contribution in [2.45, 2.75) is 6.92 Å². The maximum absolute atomic E-state index is 12.6. The molecule has 0 aromatic carbocycles. The smallest absolute Gasteiger partial charge is 0.272 e. The minimum atomic E-state index is -0.177. The second-order valence-corrected chi connectivity index (χ2v) is 6.22. The Balaban J connectivity index is 1.96. The molecular formula is C17H27N5O2. The van der Waals surface area contributed by atoms with Gasteiger partial charge in [-0.3, -0.25) is 14.6 Å². The molecule has 0 atom stereocenters. The highest BCUT2D eigenvalue weighted by Crippen LogP contribution is 2.09. The van der Waals surface area contributed by atoms with Gasteiger partial charge < -0.3 is 20.0 Å². The van der Waals surface area contributed by atoms with Gasteiger partial charge in [0.25, 0.3) is 11.8 Å². The zero-order chi connectivity index (χ0) is 17.5. The first-order valence-electron chi connectivity index (χ1n) is 8.42. The van der Waals surface area contributed by atoms with Crippen molar-refractivity contribution in [3.63, 3.8) is 0 Å². The molecule has 1 N–H and O–H groups in total. The topological polar surface area (TPSA) is 68.8 Å². The molecule has 132 valence electrons. The van der Waals surface area contributed by atoms with Gasteiger partial charge in [0.05, 0.1) is 0 Å². The van der Waals surface area contributed by atoms with Crippen LogP contribution < -0.4 is 5.32 Å². The fraction of sp³-hybridized carbons (Fsp3) is 0.588. The first-order valence-corrected chi connectivity index (χ1v) is 8.42. The Kier molecular flexibility index (Phi) is 6.69. The number of nitrogens with one attached hydrogen (secondary N) is 1. The van der Waals surface area contributed by atoms with Crippen LogP contribution in [-0.4, -0.2) is 91.4 Å². The molecule has 0 radical (unpaired) electrons. The Morgan fingerprint density at radius 2 is 1.96 bits per heavy atom. The number of likely N-dealkylation sites (N-methyl/N-ethyl adjacent to an activating group) is 2. The summed E-state index contributed by atoms with van der Waals surface area (Å²) in [5.41, 5.74) is 0.805. The van der Waals surface area contributed by atoms with E-state index in [0.717, 1.165) is 26.2 Å². The van der Waals surface area contributed by atoms with E-state index in [1.165, 1.54) is 6.20 Å². The van der Waals surface area contributed by atoms with Gasteiger partial charge in [-0.15, -0.1) is 0 Å². The summed E-state index contributed by atoms with van der Waals surface area (Å²) >= 11 is 0. The molecule has 7 heteroatoms. The van der Waals surface area contributed by atoms with E-state index in [9.17, 15) is 9.59 Å². The van der Waals surface area contributed by atoms with Gasteiger partial charge in [0.2, 0.25) is 0 Å². The maximum Gasteiger partial charge on any atom is 0.272 e. The Morgan fingerprint density at radius 3 is 2.58 bits per heavy atom. The van der Waals surface area contributed by atoms with E-state index in [1.807, 2.05) is 23.9 Å². The number of hydrogen-bond acceptors (Lipinski definition) is 5. The number of hydrogen-bond donors (Lipinski definition) is 1. The molecule has 2 amide bonds. The second-order valence-electron chi connectivity index (χ2n) is 6.22. The molecule has 2 rings (SSSR count). The van der Waals surface area contributed by atoms with Crippen LogP contribution in [-0.2, 0) is 0 Å². The summed E-state index contributed by atoms with van der Waals surface area (Å²) in [7, 11) is 3.90. The van der Waals surface area contributed by atoms with Crippen LogP contribution in [0.25, 0.3) is 0 Å². The third kappa shape index (κ3) is 5.01. The standard InChI is InChI=1S/C17H27N5O2/c1-4-21-9-11-22(12-10-21)17(24)15-13-14(5-6-18-15)16(23)19-7-8-20(2)3/h5-6,13H,4,7-12H2,1-3H3,(H,19,23). The number of pyridine rings is 1. The lowest BCUT2D eigenvalue weighted by molar-refractivity contribution is 0.0637. The number of carbonyl (C=O) groups is 2. The van der Waals surface area contributed by atoms with Gasteiger partial charge in [0.15, 0.2) is 0 Å². The second kappa shape index (κ2) is 8.75. The zero-order valence-corrected chi connectivity index (χ0v) is 14.8. The Hall–Kier alpha value is -1.99. The van der Waals surface area contributed by atoms with Crippen molar-refractivity contribution in [3.05, 3.63) is 29.6 Å². The van der Waals surface area contributed by atoms with Crippen molar-refractivity contribution in [2.24, 2.45) is 0 Å². The minimum absolute atomic E-state index is 0.103. The molecule has 24 heavy (non-hydrogen) atoms. The summed E-state index contributed by atoms with van der Waals surface area (Å²) in [5.74, 6) is -0.280. The number of aromatic nitrogens is 1. The molecule has 1 aromatic rings. The van der Waals surface area contributed by atoms with Crippen LogP contribution in [0.4, 0.5) is 0 Å². The van der Waals surface area contributed by atoms with E-state index in [-0.39, 0.29) is 11.8 Å². The van der Waals surface area contributed by atoms with E-state index < -0.39 is 0 Å². The van der Waals surface area contributed by atoms with Gasteiger partial charge in [-0.05, 0) is 32.8 Å². The molecule has 0 unspecified atom stereocenters. The average molecular weight is 333 g/mol. The highest BCUT2D eigenvalue weighted by atomic mass is 16.2. The van der Waals surface area contributed by atoms with Crippen molar-refractivity contribution in [3.8, 4) is 0 Å². The molecule has 7 nitrogen and oxygen atoms in total. The Morgan fingerprint density at radius 1 is 1.25 bits per heavy atom. The molecule has 1 fully saturated rings. The van der Waals surface area contributed by atoms with Crippen LogP contribution >= 0.6 is 0 Å². The van der Waals surface area contributed by atoms with E-state index in [0.29, 0.717) is 30.9 Å². The van der Waals surface area contributed by atoms with Crippen LogP contribution in [0.2, 0.25) is 0 Å². The largest absolute Gasteiger partial charge is 0.351 e. The molecule has 1 aromatic heterocycles. The molecule has 0 aliphatic carbocycles. The van der Waals surface area contributed by atoms with Crippen molar-refractivity contribution >= 4 is 11.8 Å². The highest BCUT2D eigenvalue weighted by Gasteiger charge is 2.22. The molecule has 1 aliphatic rings. The van der Waals surface area contributed by atoms with Crippen molar-refractivity contribution < 1.29 is 9.59 Å². The lowest BCUT2D eigenvalue weighted by atomic mass is 10.2. The zero-order valence-electron chi connectivity index (χ0n) is 14.8. The van der Waals surface area contributed by atoms with Gasteiger partial charge in [0, 0.05) is 51.0 Å². The minimum Gasteiger partial charge on any atom is -0.351 e. The SMILES string of the molecule is CCN1CCN(C(=O)c2cc(C(=O)NCCN(C)C)ccn2)CC1. The lowest BCUT2D eigenvalue weighted by Gasteiger charge is -2.33. The predicted octanol–water partition coefficient (Wildman–Crippen LogP) is 0.151. The summed E-state index contributed by atoms with van der Waals surface area (Å²) in [6.45, 7) is 7.63. The van der Waals surface area contributed by atoms with Crippen molar-refractivity contribution in [2.75, 3.05) is 59.9 Å². The molecule has 0 spiro atoms. The average Bonchev–Trinajstić information content (AvgIpc) is 2.61. The van der Waals surface area contributed by atoms with Gasteiger partial charge in [-0.1, -0.05) is 6.92 Å². The van der Waals surface area contributed by atoms with E-state index >= 15 is 0 Å². The molecule has 1 saturated heterocycles. The number of rotatable bonds is 6. The number of carbonyl (C=O) groups excluding carboxylic acids is 2. The van der Waals surface area contributed by atoms with Crippen LogP contribution in [0.3, 0.4) is 0 Å². The molecule has 1 aliphatic heterocycles. The van der Waals surface area contributed by atoms with Crippen LogP contribution in [0.15, 0.2) is 18.3 Å². The summed E-state index contributed by atoms with van der Waals surface area (Å²) < 4.78 is 0. The fourth-order valence-corrected chi connectivity index (χ4v) is 2.61. The van der Waals surface area contributed by atoms with E-state index in [2.05, 4.69) is 22.1 Å². The molecular weight excluding hydrogens is 306 g/mol. The Labute approximate surface area is 143 Å². The Bertz CT molecular complexity index is 568. The third-order valence-electron chi connectivity index (χ3n) is 4.19. The number of piperazine rings is 1. The van der Waals surface area contributed by atoms with Crippen LogP contribution in [0, 0.1) is 0 Å². The van der Waals surface area contributed by atoms with Crippen molar-refractivity contribution in [1.29, 1.82) is 0 Å². The van der Waals surface area contributed by atoms with Crippen LogP contribution in [0.1, 0.15) is 27.8 Å². The normalized spacial score (nSPS) is 15.6. The van der Waals surface area contributed by atoms with E-state index in [1.54, 1.807) is 12.1 Å². The molecule has 0 saturated carbocycles. The number of nitrogens with zero attached hydrogens (tertiary/aromatic N) is 4. The van der Waals surface area contributed by atoms with Gasteiger partial charge in [-0.25, -0.2) is 0 Å². The summed E-state index contributed by atoms with van der Waals surface area (Å²) in [6, 6.07) is 3.22. The highest BCUT2D eigenvalue weighted by molar-refractivity contribution is 5.98. The monoisotopic (exact) mass is 333 g/mol. The lowest BCUT2D eigenvalue weighted by Crippen LogP contribution is -2.48. The van der Waals surface area contributed by atoms with Gasteiger partial charge >= 0.3 is 0 Å². The molecule has 0 bridgehead atoms. The third-order valence-corrected chi connectivity index (χ3v) is 4.19. The maximum atomic E-state index is 12.6. The predicted molar refractivity (Wildman–Crippen MR) is 93.1 cm³/mol. The quantitative estimate of drug-likeness (QED) is 0.803. The fourth-order valence-electron chi connectivity index (χ4n) is 2.61.